The first-order chi connectivity index (χ1) is 13.6. The molecular formula is C21H26BrN5O. The van der Waals surface area contributed by atoms with E-state index in [1.54, 1.807) is 0 Å². The van der Waals surface area contributed by atoms with Crippen molar-refractivity contribution in [1.29, 1.82) is 0 Å². The fraction of sp³-hybridized carbons (Fsp3) is 0.429. The van der Waals surface area contributed by atoms with Crippen LogP contribution < -0.4 is 15.5 Å². The zero-order valence-electron chi connectivity index (χ0n) is 16.3. The number of hydrogen-bond acceptors (Lipinski definition) is 6. The molecule has 1 saturated carbocycles. The number of fused-ring (bicyclic) bond motifs is 1. The van der Waals surface area contributed by atoms with Gasteiger partial charge in [-0.15, -0.1) is 0 Å². The van der Waals surface area contributed by atoms with Crippen LogP contribution in [0.4, 0.5) is 11.8 Å². The van der Waals surface area contributed by atoms with Gasteiger partial charge in [0, 0.05) is 31.6 Å². The van der Waals surface area contributed by atoms with E-state index in [1.807, 2.05) is 49.3 Å². The first-order valence-corrected chi connectivity index (χ1v) is 10.6. The Hall–Kier alpha value is -2.12. The molecule has 1 aliphatic rings. The highest BCUT2D eigenvalue weighted by atomic mass is 79.9. The van der Waals surface area contributed by atoms with Crippen molar-refractivity contribution in [3.05, 3.63) is 46.8 Å². The summed E-state index contributed by atoms with van der Waals surface area (Å²) < 4.78 is 6.34. The standard InChI is InChI=1S/C21H26BrN5O/c1-27(2)20-17-5-3-4-6-18(17)25-21(26-20)24-15-9-7-14(8-10-15)23-13-16-11-12-19(22)28-16/h3-6,11-12,14-15,23H,7-10,13H2,1-2H3,(H,24,25,26). The van der Waals surface area contributed by atoms with Crippen molar-refractivity contribution in [1.82, 2.24) is 15.3 Å². The quantitative estimate of drug-likeness (QED) is 0.581. The molecule has 6 nitrogen and oxygen atoms in total. The smallest absolute Gasteiger partial charge is 0.225 e. The number of nitrogens with zero attached hydrogens (tertiary/aromatic N) is 3. The van der Waals surface area contributed by atoms with Gasteiger partial charge in [0.2, 0.25) is 5.95 Å². The summed E-state index contributed by atoms with van der Waals surface area (Å²) in [6.45, 7) is 0.772. The molecule has 0 radical (unpaired) electrons. The van der Waals surface area contributed by atoms with Crippen LogP contribution in [0.15, 0.2) is 45.5 Å². The molecule has 1 aromatic carbocycles. The highest BCUT2D eigenvalue weighted by molar-refractivity contribution is 9.10. The predicted molar refractivity (Wildman–Crippen MR) is 117 cm³/mol. The van der Waals surface area contributed by atoms with Crippen molar-refractivity contribution in [2.24, 2.45) is 0 Å². The second-order valence-electron chi connectivity index (χ2n) is 7.56. The molecule has 0 saturated heterocycles. The molecule has 3 aromatic rings. The minimum Gasteiger partial charge on any atom is -0.453 e. The number of rotatable bonds is 6. The van der Waals surface area contributed by atoms with Gasteiger partial charge >= 0.3 is 0 Å². The monoisotopic (exact) mass is 443 g/mol. The average molecular weight is 444 g/mol. The molecule has 0 atom stereocenters. The summed E-state index contributed by atoms with van der Waals surface area (Å²) in [5.41, 5.74) is 0.976. The van der Waals surface area contributed by atoms with Crippen LogP contribution >= 0.6 is 15.9 Å². The molecule has 7 heteroatoms. The van der Waals surface area contributed by atoms with Crippen LogP contribution in [-0.4, -0.2) is 36.1 Å². The topological polar surface area (TPSA) is 66.2 Å². The summed E-state index contributed by atoms with van der Waals surface area (Å²) >= 11 is 3.35. The molecule has 1 fully saturated rings. The van der Waals surface area contributed by atoms with E-state index >= 15 is 0 Å². The summed E-state index contributed by atoms with van der Waals surface area (Å²) in [4.78, 5) is 11.5. The molecule has 2 N–H and O–H groups in total. The van der Waals surface area contributed by atoms with Gasteiger partial charge in [-0.25, -0.2) is 4.98 Å². The van der Waals surface area contributed by atoms with Gasteiger partial charge < -0.3 is 20.0 Å². The van der Waals surface area contributed by atoms with Gasteiger partial charge in [0.15, 0.2) is 4.67 Å². The van der Waals surface area contributed by atoms with Gasteiger partial charge in [0.25, 0.3) is 0 Å². The van der Waals surface area contributed by atoms with Crippen LogP contribution in [-0.2, 0) is 6.54 Å². The highest BCUT2D eigenvalue weighted by Crippen LogP contribution is 2.26. The van der Waals surface area contributed by atoms with Crippen molar-refractivity contribution in [2.75, 3.05) is 24.3 Å². The Labute approximate surface area is 173 Å². The summed E-state index contributed by atoms with van der Waals surface area (Å²) in [7, 11) is 4.04. The second-order valence-corrected chi connectivity index (χ2v) is 8.34. The Morgan fingerprint density at radius 3 is 2.50 bits per heavy atom. The average Bonchev–Trinajstić information content (AvgIpc) is 3.12. The molecule has 2 aromatic heterocycles. The van der Waals surface area contributed by atoms with E-state index < -0.39 is 0 Å². The summed E-state index contributed by atoms with van der Waals surface area (Å²) in [5.74, 6) is 2.64. The lowest BCUT2D eigenvalue weighted by molar-refractivity contribution is 0.339. The number of furan rings is 1. The van der Waals surface area contributed by atoms with Crippen molar-refractivity contribution >= 4 is 38.6 Å². The van der Waals surface area contributed by atoms with E-state index in [1.165, 1.54) is 0 Å². The Morgan fingerprint density at radius 2 is 1.79 bits per heavy atom. The Balaban J connectivity index is 1.35. The SMILES string of the molecule is CN(C)c1nc(NC2CCC(NCc3ccc(Br)o3)CC2)nc2ccccc12. The first-order valence-electron chi connectivity index (χ1n) is 9.77. The van der Waals surface area contributed by atoms with Gasteiger partial charge in [-0.3, -0.25) is 0 Å². The van der Waals surface area contributed by atoms with Gasteiger partial charge in [-0.1, -0.05) is 12.1 Å². The normalized spacial score (nSPS) is 19.7. The van der Waals surface area contributed by atoms with E-state index in [-0.39, 0.29) is 0 Å². The molecule has 0 spiro atoms. The maximum absolute atomic E-state index is 5.56. The molecule has 28 heavy (non-hydrogen) atoms. The van der Waals surface area contributed by atoms with Crippen molar-refractivity contribution < 1.29 is 4.42 Å². The van der Waals surface area contributed by atoms with Crippen LogP contribution in [0, 0.1) is 0 Å². The lowest BCUT2D eigenvalue weighted by Gasteiger charge is -2.30. The van der Waals surface area contributed by atoms with E-state index in [0.717, 1.165) is 65.3 Å². The van der Waals surface area contributed by atoms with Gasteiger partial charge in [0.05, 0.1) is 12.1 Å². The van der Waals surface area contributed by atoms with Crippen molar-refractivity contribution in [3.8, 4) is 0 Å². The lowest BCUT2D eigenvalue weighted by Crippen LogP contribution is -2.36. The minimum absolute atomic E-state index is 0.409. The molecule has 0 bridgehead atoms. The minimum atomic E-state index is 0.409. The first kappa shape index (κ1) is 19.2. The van der Waals surface area contributed by atoms with Gasteiger partial charge in [-0.2, -0.15) is 4.98 Å². The second kappa shape index (κ2) is 8.49. The number of aromatic nitrogens is 2. The number of benzene rings is 1. The molecule has 0 unspecified atom stereocenters. The molecule has 0 aliphatic heterocycles. The zero-order chi connectivity index (χ0) is 19.5. The van der Waals surface area contributed by atoms with Gasteiger partial charge in [0.1, 0.15) is 11.6 Å². The molecule has 4 rings (SSSR count). The third kappa shape index (κ3) is 4.47. The largest absolute Gasteiger partial charge is 0.453 e. The van der Waals surface area contributed by atoms with Crippen LogP contribution in [0.2, 0.25) is 0 Å². The molecular weight excluding hydrogens is 418 g/mol. The lowest BCUT2D eigenvalue weighted by atomic mass is 9.91. The van der Waals surface area contributed by atoms with E-state index in [4.69, 9.17) is 14.4 Å². The number of halogens is 1. The number of para-hydroxylation sites is 1. The fourth-order valence-electron chi connectivity index (χ4n) is 3.78. The number of hydrogen-bond donors (Lipinski definition) is 2. The van der Waals surface area contributed by atoms with Crippen LogP contribution in [0.1, 0.15) is 31.4 Å². The van der Waals surface area contributed by atoms with Crippen LogP contribution in [0.5, 0.6) is 0 Å². The van der Waals surface area contributed by atoms with Crippen LogP contribution in [0.3, 0.4) is 0 Å². The van der Waals surface area contributed by atoms with Gasteiger partial charge in [-0.05, 0) is 65.9 Å². The zero-order valence-corrected chi connectivity index (χ0v) is 17.9. The van der Waals surface area contributed by atoms with E-state index in [9.17, 15) is 0 Å². The molecule has 148 valence electrons. The van der Waals surface area contributed by atoms with E-state index in [0.29, 0.717) is 12.1 Å². The number of nitrogens with one attached hydrogen (secondary N) is 2. The molecule has 2 heterocycles. The Kier molecular flexibility index (Phi) is 5.82. The van der Waals surface area contributed by atoms with E-state index in [2.05, 4.69) is 32.6 Å². The third-order valence-corrected chi connectivity index (χ3v) is 5.69. The maximum atomic E-state index is 5.56. The Morgan fingerprint density at radius 1 is 1.04 bits per heavy atom. The molecule has 0 amide bonds. The summed E-state index contributed by atoms with van der Waals surface area (Å²) in [5, 5.41) is 8.25. The maximum Gasteiger partial charge on any atom is 0.225 e. The molecule has 1 aliphatic carbocycles. The Bertz CT molecular complexity index is 933. The number of anilines is 2. The van der Waals surface area contributed by atoms with Crippen molar-refractivity contribution in [2.45, 2.75) is 44.3 Å². The summed E-state index contributed by atoms with van der Waals surface area (Å²) in [6.07, 6.45) is 4.47. The predicted octanol–water partition coefficient (Wildman–Crippen LogP) is 4.56. The third-order valence-electron chi connectivity index (χ3n) is 5.26. The highest BCUT2D eigenvalue weighted by Gasteiger charge is 2.22. The summed E-state index contributed by atoms with van der Waals surface area (Å²) in [6, 6.07) is 13.0. The fourth-order valence-corrected chi connectivity index (χ4v) is 4.12. The van der Waals surface area contributed by atoms with Crippen molar-refractivity contribution in [3.63, 3.8) is 0 Å². The van der Waals surface area contributed by atoms with Crippen LogP contribution in [0.25, 0.3) is 10.9 Å².